The van der Waals surface area contributed by atoms with Crippen molar-refractivity contribution in [3.63, 3.8) is 0 Å². The van der Waals surface area contributed by atoms with Gasteiger partial charge in [-0.25, -0.2) is 17.9 Å². The normalized spacial score (nSPS) is 16.3. The molecule has 7 heteroatoms. The number of amides is 1. The quantitative estimate of drug-likeness (QED) is 0.650. The second-order valence-corrected chi connectivity index (χ2v) is 5.95. The van der Waals surface area contributed by atoms with E-state index < -0.39 is 10.0 Å². The van der Waals surface area contributed by atoms with Crippen LogP contribution in [0.1, 0.15) is 26.2 Å². The van der Waals surface area contributed by atoms with E-state index in [2.05, 4.69) is 4.72 Å². The van der Waals surface area contributed by atoms with Crippen molar-refractivity contribution < 1.29 is 17.9 Å². The summed E-state index contributed by atoms with van der Waals surface area (Å²) in [7, 11) is -3.14. The topological polar surface area (TPSA) is 75.7 Å². The van der Waals surface area contributed by atoms with E-state index >= 15 is 0 Å². The van der Waals surface area contributed by atoms with Crippen LogP contribution in [0.4, 0.5) is 4.79 Å². The van der Waals surface area contributed by atoms with Gasteiger partial charge in [0, 0.05) is 13.1 Å². The average Bonchev–Trinajstić information content (AvgIpc) is 2.68. The van der Waals surface area contributed by atoms with Crippen LogP contribution in [-0.4, -0.2) is 51.4 Å². The van der Waals surface area contributed by atoms with Gasteiger partial charge in [-0.15, -0.1) is 0 Å². The van der Waals surface area contributed by atoms with E-state index in [1.807, 2.05) is 6.92 Å². The van der Waals surface area contributed by atoms with Crippen molar-refractivity contribution in [2.24, 2.45) is 0 Å². The van der Waals surface area contributed by atoms with E-state index in [9.17, 15) is 13.2 Å². The molecular weight excluding hydrogens is 244 g/mol. The highest BCUT2D eigenvalue weighted by molar-refractivity contribution is 7.89. The van der Waals surface area contributed by atoms with Gasteiger partial charge in [0.15, 0.2) is 0 Å². The summed E-state index contributed by atoms with van der Waals surface area (Å²) < 4.78 is 30.2. The number of rotatable bonds is 8. The molecule has 100 valence electrons. The first-order chi connectivity index (χ1) is 8.05. The SMILES string of the molecule is CCCCS(=O)(=O)NCCCN1CCOC1=O. The Balaban J connectivity index is 2.13. The molecule has 0 bridgehead atoms. The lowest BCUT2D eigenvalue weighted by molar-refractivity contribution is 0.158. The summed E-state index contributed by atoms with van der Waals surface area (Å²) in [6.07, 6.45) is 1.84. The Morgan fingerprint density at radius 1 is 1.41 bits per heavy atom. The molecule has 0 unspecified atom stereocenters. The second-order valence-electron chi connectivity index (χ2n) is 4.02. The Bertz CT molecular complexity index is 342. The molecule has 1 aliphatic rings. The van der Waals surface area contributed by atoms with Crippen molar-refractivity contribution in [3.05, 3.63) is 0 Å². The highest BCUT2D eigenvalue weighted by Crippen LogP contribution is 2.03. The molecule has 0 aliphatic carbocycles. The Morgan fingerprint density at radius 3 is 2.76 bits per heavy atom. The van der Waals surface area contributed by atoms with Crippen LogP contribution in [-0.2, 0) is 14.8 Å². The minimum Gasteiger partial charge on any atom is -0.448 e. The number of ether oxygens (including phenoxy) is 1. The monoisotopic (exact) mass is 264 g/mol. The number of cyclic esters (lactones) is 1. The number of sulfonamides is 1. The standard InChI is InChI=1S/C10H20N2O4S/c1-2-3-9-17(14,15)11-5-4-6-12-7-8-16-10(12)13/h11H,2-9H2,1H3. The van der Waals surface area contributed by atoms with Crippen molar-refractivity contribution in [1.82, 2.24) is 9.62 Å². The lowest BCUT2D eigenvalue weighted by atomic mass is 10.4. The van der Waals surface area contributed by atoms with Crippen LogP contribution < -0.4 is 4.72 Å². The molecule has 0 radical (unpaired) electrons. The van der Waals surface area contributed by atoms with E-state index in [1.54, 1.807) is 4.90 Å². The Morgan fingerprint density at radius 2 is 2.18 bits per heavy atom. The first kappa shape index (κ1) is 14.2. The smallest absolute Gasteiger partial charge is 0.409 e. The van der Waals surface area contributed by atoms with E-state index in [0.717, 1.165) is 6.42 Å². The number of nitrogens with one attached hydrogen (secondary N) is 1. The molecule has 0 saturated carbocycles. The van der Waals surface area contributed by atoms with Gasteiger partial charge in [-0.1, -0.05) is 13.3 Å². The third-order valence-corrected chi connectivity index (χ3v) is 4.01. The molecule has 0 spiro atoms. The summed E-state index contributed by atoms with van der Waals surface area (Å²) in [5, 5.41) is 0. The summed E-state index contributed by atoms with van der Waals surface area (Å²) >= 11 is 0. The number of hydrogen-bond donors (Lipinski definition) is 1. The third kappa shape index (κ3) is 5.36. The fourth-order valence-corrected chi connectivity index (χ4v) is 2.80. The van der Waals surface area contributed by atoms with Crippen LogP contribution in [0, 0.1) is 0 Å². The summed E-state index contributed by atoms with van der Waals surface area (Å²) in [6.45, 7) is 3.89. The van der Waals surface area contributed by atoms with Gasteiger partial charge >= 0.3 is 6.09 Å². The number of carbonyl (C=O) groups excluding carboxylic acids is 1. The predicted octanol–water partition coefficient (Wildman–Crippen LogP) is 0.548. The zero-order valence-electron chi connectivity index (χ0n) is 10.1. The lowest BCUT2D eigenvalue weighted by Gasteiger charge is -2.12. The van der Waals surface area contributed by atoms with Crippen molar-refractivity contribution in [2.45, 2.75) is 26.2 Å². The van der Waals surface area contributed by atoms with Crippen molar-refractivity contribution in [2.75, 3.05) is 32.0 Å². The van der Waals surface area contributed by atoms with Crippen LogP contribution in [0.15, 0.2) is 0 Å². The fraction of sp³-hybridized carbons (Fsp3) is 0.900. The molecular formula is C10H20N2O4S. The van der Waals surface area contributed by atoms with Gasteiger partial charge in [-0.3, -0.25) is 0 Å². The van der Waals surface area contributed by atoms with Gasteiger partial charge in [-0.2, -0.15) is 0 Å². The van der Waals surface area contributed by atoms with Crippen LogP contribution in [0.3, 0.4) is 0 Å². The number of carbonyl (C=O) groups is 1. The molecule has 0 aromatic rings. The van der Waals surface area contributed by atoms with E-state index in [0.29, 0.717) is 39.1 Å². The summed E-state index contributed by atoms with van der Waals surface area (Å²) in [4.78, 5) is 12.7. The lowest BCUT2D eigenvalue weighted by Crippen LogP contribution is -2.31. The maximum Gasteiger partial charge on any atom is 0.409 e. The molecule has 1 aliphatic heterocycles. The first-order valence-electron chi connectivity index (χ1n) is 5.94. The van der Waals surface area contributed by atoms with E-state index in [1.165, 1.54) is 0 Å². The summed E-state index contributed by atoms with van der Waals surface area (Å²) in [5.41, 5.74) is 0. The molecule has 17 heavy (non-hydrogen) atoms. The minimum absolute atomic E-state index is 0.176. The highest BCUT2D eigenvalue weighted by atomic mass is 32.2. The van der Waals surface area contributed by atoms with Crippen molar-refractivity contribution >= 4 is 16.1 Å². The predicted molar refractivity (Wildman–Crippen MR) is 64.2 cm³/mol. The molecule has 1 N–H and O–H groups in total. The van der Waals surface area contributed by atoms with Crippen molar-refractivity contribution in [3.8, 4) is 0 Å². The zero-order valence-corrected chi connectivity index (χ0v) is 11.0. The maximum atomic E-state index is 11.4. The van der Waals surface area contributed by atoms with Gasteiger partial charge in [0.2, 0.25) is 10.0 Å². The molecule has 0 aromatic carbocycles. The van der Waals surface area contributed by atoms with Crippen LogP contribution >= 0.6 is 0 Å². The number of nitrogens with zero attached hydrogens (tertiary/aromatic N) is 1. The largest absolute Gasteiger partial charge is 0.448 e. The van der Waals surface area contributed by atoms with Gasteiger partial charge in [0.25, 0.3) is 0 Å². The molecule has 1 heterocycles. The maximum absolute atomic E-state index is 11.4. The van der Waals surface area contributed by atoms with Crippen LogP contribution in [0.2, 0.25) is 0 Å². The molecule has 0 atom stereocenters. The van der Waals surface area contributed by atoms with Gasteiger partial charge in [0.05, 0.1) is 12.3 Å². The fourth-order valence-electron chi connectivity index (χ4n) is 1.53. The Kier molecular flexibility index (Phi) is 5.70. The van der Waals surface area contributed by atoms with Gasteiger partial charge < -0.3 is 9.64 Å². The average molecular weight is 264 g/mol. The van der Waals surface area contributed by atoms with E-state index in [-0.39, 0.29) is 11.8 Å². The first-order valence-corrected chi connectivity index (χ1v) is 7.59. The summed E-state index contributed by atoms with van der Waals surface area (Å²) in [5.74, 6) is 0.176. The van der Waals surface area contributed by atoms with Crippen LogP contribution in [0.5, 0.6) is 0 Å². The third-order valence-electron chi connectivity index (χ3n) is 2.54. The molecule has 1 fully saturated rings. The van der Waals surface area contributed by atoms with Crippen LogP contribution in [0.25, 0.3) is 0 Å². The van der Waals surface area contributed by atoms with Gasteiger partial charge in [-0.05, 0) is 12.8 Å². The second kappa shape index (κ2) is 6.80. The molecule has 0 aromatic heterocycles. The molecule has 6 nitrogen and oxygen atoms in total. The molecule has 1 rings (SSSR count). The Labute approximate surface area is 102 Å². The minimum atomic E-state index is -3.14. The Hall–Kier alpha value is -0.820. The van der Waals surface area contributed by atoms with Gasteiger partial charge in [0.1, 0.15) is 6.61 Å². The molecule has 1 amide bonds. The zero-order chi connectivity index (χ0) is 12.7. The van der Waals surface area contributed by atoms with E-state index in [4.69, 9.17) is 4.74 Å². The molecule has 1 saturated heterocycles. The summed E-state index contributed by atoms with van der Waals surface area (Å²) in [6, 6.07) is 0. The number of hydrogen-bond acceptors (Lipinski definition) is 4. The number of unbranched alkanes of at least 4 members (excludes halogenated alkanes) is 1. The highest BCUT2D eigenvalue weighted by Gasteiger charge is 2.20. The van der Waals surface area contributed by atoms with Crippen molar-refractivity contribution in [1.29, 1.82) is 0 Å².